The molecule has 0 radical (unpaired) electrons. The number of amides is 1. The third-order valence-corrected chi connectivity index (χ3v) is 5.40. The molecule has 1 aromatic rings. The summed E-state index contributed by atoms with van der Waals surface area (Å²) in [4.78, 5) is 17.6. The van der Waals surface area contributed by atoms with Gasteiger partial charge in [0.05, 0.1) is 28.3 Å². The van der Waals surface area contributed by atoms with E-state index in [4.69, 9.17) is 4.84 Å². The Morgan fingerprint density at radius 1 is 1.12 bits per heavy atom. The third kappa shape index (κ3) is 7.40. The first-order chi connectivity index (χ1) is 11.6. The molecule has 148 valence electrons. The molecule has 0 aliphatic heterocycles. The van der Waals surface area contributed by atoms with Crippen molar-refractivity contribution in [2.75, 3.05) is 18.3 Å². The van der Waals surface area contributed by atoms with Crippen LogP contribution in [-0.4, -0.2) is 51.7 Å². The van der Waals surface area contributed by atoms with Crippen molar-refractivity contribution in [2.45, 2.75) is 37.4 Å². The Kier molecular flexibility index (Phi) is 6.97. The largest absolute Gasteiger partial charge is 0.388 e. The summed E-state index contributed by atoms with van der Waals surface area (Å²) in [6, 6.07) is 5.26. The number of hydrogen-bond donors (Lipinski definition) is 2. The summed E-state index contributed by atoms with van der Waals surface area (Å²) in [7, 11) is -6.99. The molecule has 0 aromatic heterocycles. The Hall–Kier alpha value is -1.49. The van der Waals surface area contributed by atoms with Crippen LogP contribution in [0, 0.1) is 5.92 Å². The van der Waals surface area contributed by atoms with Crippen LogP contribution in [0.5, 0.6) is 0 Å². The summed E-state index contributed by atoms with van der Waals surface area (Å²) in [5, 5.41) is 10.5. The molecule has 0 aliphatic carbocycles. The van der Waals surface area contributed by atoms with E-state index in [0.29, 0.717) is 0 Å². The summed E-state index contributed by atoms with van der Waals surface area (Å²) in [5.41, 5.74) is 1.69. The van der Waals surface area contributed by atoms with Crippen LogP contribution in [0.4, 0.5) is 0 Å². The molecule has 0 saturated carbocycles. The summed E-state index contributed by atoms with van der Waals surface area (Å²) in [5.74, 6) is -2.71. The number of rotatable bonds is 7. The SMILES string of the molecule is CC(C)(C)ONC(=O)[C@H](CS(C)(=O)=O)[C@@H](O)c1ccc(S(C)(=O)=O)cc1. The number of sulfone groups is 2. The van der Waals surface area contributed by atoms with Crippen molar-refractivity contribution in [3.63, 3.8) is 0 Å². The minimum atomic E-state index is -3.58. The molecule has 1 amide bonds. The van der Waals surface area contributed by atoms with Crippen LogP contribution < -0.4 is 5.48 Å². The zero-order valence-corrected chi connectivity index (χ0v) is 17.0. The number of aliphatic hydroxyl groups excluding tert-OH is 1. The molecule has 0 spiro atoms. The molecule has 0 unspecified atom stereocenters. The molecule has 0 aliphatic rings. The molecular weight excluding hydrogens is 382 g/mol. The fourth-order valence-corrected chi connectivity index (χ4v) is 3.68. The Bertz CT molecular complexity index is 838. The van der Waals surface area contributed by atoms with E-state index in [0.717, 1.165) is 12.5 Å². The lowest BCUT2D eigenvalue weighted by Crippen LogP contribution is -2.41. The van der Waals surface area contributed by atoms with Gasteiger partial charge >= 0.3 is 0 Å². The van der Waals surface area contributed by atoms with Crippen LogP contribution in [0.3, 0.4) is 0 Å². The van der Waals surface area contributed by atoms with Crippen LogP contribution in [0.2, 0.25) is 0 Å². The highest BCUT2D eigenvalue weighted by Crippen LogP contribution is 2.25. The number of hydrogen-bond acceptors (Lipinski definition) is 7. The summed E-state index contributed by atoms with van der Waals surface area (Å²) < 4.78 is 46.3. The maximum absolute atomic E-state index is 12.4. The molecule has 2 atom stereocenters. The molecule has 0 heterocycles. The van der Waals surface area contributed by atoms with Crippen molar-refractivity contribution in [1.29, 1.82) is 0 Å². The predicted octanol–water partition coefficient (Wildman–Crippen LogP) is 0.631. The first-order valence-electron chi connectivity index (χ1n) is 7.74. The van der Waals surface area contributed by atoms with Crippen LogP contribution in [0.15, 0.2) is 29.2 Å². The summed E-state index contributed by atoms with van der Waals surface area (Å²) >= 11 is 0. The van der Waals surface area contributed by atoms with Gasteiger partial charge in [-0.15, -0.1) is 0 Å². The first-order valence-corrected chi connectivity index (χ1v) is 11.7. The maximum atomic E-state index is 12.4. The average molecular weight is 408 g/mol. The lowest BCUT2D eigenvalue weighted by molar-refractivity contribution is -0.152. The number of nitrogens with one attached hydrogen (secondary N) is 1. The van der Waals surface area contributed by atoms with Gasteiger partial charge in [-0.3, -0.25) is 9.63 Å². The van der Waals surface area contributed by atoms with E-state index in [9.17, 15) is 26.7 Å². The standard InChI is InChI=1S/C16H25NO7S2/c1-16(2,3)24-17-15(19)13(10-25(4,20)21)14(18)11-6-8-12(9-7-11)26(5,22)23/h6-9,13-14,18H,10H2,1-5H3,(H,17,19)/t13-,14+/m1/s1. The van der Waals surface area contributed by atoms with Gasteiger partial charge in [-0.1, -0.05) is 12.1 Å². The topological polar surface area (TPSA) is 127 Å². The minimum Gasteiger partial charge on any atom is -0.388 e. The number of benzene rings is 1. The number of carbonyl (C=O) groups is 1. The van der Waals surface area contributed by atoms with E-state index < -0.39 is 49.0 Å². The van der Waals surface area contributed by atoms with Gasteiger partial charge < -0.3 is 5.11 Å². The van der Waals surface area contributed by atoms with Gasteiger partial charge in [0.2, 0.25) is 0 Å². The monoisotopic (exact) mass is 407 g/mol. The molecule has 0 bridgehead atoms. The minimum absolute atomic E-state index is 0.0497. The van der Waals surface area contributed by atoms with Crippen LogP contribution >= 0.6 is 0 Å². The van der Waals surface area contributed by atoms with Gasteiger partial charge in [0.1, 0.15) is 9.84 Å². The van der Waals surface area contributed by atoms with Gasteiger partial charge in [-0.25, -0.2) is 22.3 Å². The second-order valence-corrected chi connectivity index (χ2v) is 11.4. The second-order valence-electron chi connectivity index (χ2n) is 7.17. The zero-order chi connectivity index (χ0) is 20.3. The lowest BCUT2D eigenvalue weighted by Gasteiger charge is -2.25. The molecule has 10 heteroatoms. The predicted molar refractivity (Wildman–Crippen MR) is 96.7 cm³/mol. The Balaban J connectivity index is 3.11. The molecule has 2 N–H and O–H groups in total. The van der Waals surface area contributed by atoms with E-state index in [2.05, 4.69) is 5.48 Å². The maximum Gasteiger partial charge on any atom is 0.250 e. The highest BCUT2D eigenvalue weighted by Gasteiger charge is 2.32. The van der Waals surface area contributed by atoms with Crippen molar-refractivity contribution in [3.05, 3.63) is 29.8 Å². The number of hydroxylamine groups is 1. The zero-order valence-electron chi connectivity index (χ0n) is 15.4. The Morgan fingerprint density at radius 3 is 2.00 bits per heavy atom. The fourth-order valence-electron chi connectivity index (χ4n) is 2.06. The molecule has 26 heavy (non-hydrogen) atoms. The van der Waals surface area contributed by atoms with Crippen molar-refractivity contribution >= 4 is 25.6 Å². The molecule has 0 saturated heterocycles. The Morgan fingerprint density at radius 2 is 1.62 bits per heavy atom. The third-order valence-electron chi connectivity index (χ3n) is 3.31. The average Bonchev–Trinajstić information content (AvgIpc) is 2.47. The van der Waals surface area contributed by atoms with Crippen molar-refractivity contribution in [3.8, 4) is 0 Å². The Labute approximate surface area is 154 Å². The summed E-state index contributed by atoms with van der Waals surface area (Å²) in [6.07, 6.45) is 0.543. The molecule has 0 fully saturated rings. The lowest BCUT2D eigenvalue weighted by atomic mass is 9.97. The van der Waals surface area contributed by atoms with Crippen LogP contribution in [0.25, 0.3) is 0 Å². The second kappa shape index (κ2) is 8.03. The van der Waals surface area contributed by atoms with E-state index in [1.54, 1.807) is 20.8 Å². The number of carbonyl (C=O) groups excluding carboxylic acids is 1. The van der Waals surface area contributed by atoms with Crippen molar-refractivity contribution in [2.24, 2.45) is 5.92 Å². The highest BCUT2D eigenvalue weighted by atomic mass is 32.2. The van der Waals surface area contributed by atoms with Crippen LogP contribution in [-0.2, 0) is 29.3 Å². The molecule has 1 rings (SSSR count). The van der Waals surface area contributed by atoms with E-state index in [-0.39, 0.29) is 10.5 Å². The normalized spacial score (nSPS) is 15.3. The quantitative estimate of drug-likeness (QED) is 0.635. The number of aliphatic hydroxyl groups is 1. The van der Waals surface area contributed by atoms with Gasteiger partial charge in [0.25, 0.3) is 5.91 Å². The molecule has 8 nitrogen and oxygen atoms in total. The fraction of sp³-hybridized carbons (Fsp3) is 0.562. The van der Waals surface area contributed by atoms with E-state index in [1.807, 2.05) is 0 Å². The first kappa shape index (κ1) is 22.6. The van der Waals surface area contributed by atoms with E-state index >= 15 is 0 Å². The molecule has 1 aromatic carbocycles. The highest BCUT2D eigenvalue weighted by molar-refractivity contribution is 7.91. The molecular formula is C16H25NO7S2. The van der Waals surface area contributed by atoms with Gasteiger partial charge in [0, 0.05) is 12.5 Å². The van der Waals surface area contributed by atoms with Crippen molar-refractivity contribution in [1.82, 2.24) is 5.48 Å². The van der Waals surface area contributed by atoms with Gasteiger partial charge in [0.15, 0.2) is 9.84 Å². The smallest absolute Gasteiger partial charge is 0.250 e. The van der Waals surface area contributed by atoms with Gasteiger partial charge in [-0.05, 0) is 38.5 Å². The van der Waals surface area contributed by atoms with Gasteiger partial charge in [-0.2, -0.15) is 0 Å². The van der Waals surface area contributed by atoms with Crippen molar-refractivity contribution < 1.29 is 31.6 Å². The van der Waals surface area contributed by atoms with Crippen LogP contribution in [0.1, 0.15) is 32.4 Å². The summed E-state index contributed by atoms with van der Waals surface area (Å²) in [6.45, 7) is 5.08. The van der Waals surface area contributed by atoms with E-state index in [1.165, 1.54) is 24.3 Å².